The Labute approximate surface area is 72.8 Å². The van der Waals surface area contributed by atoms with E-state index in [1.54, 1.807) is 6.07 Å². The van der Waals surface area contributed by atoms with Crippen molar-refractivity contribution in [3.05, 3.63) is 39.4 Å². The van der Waals surface area contributed by atoms with Gasteiger partial charge in [-0.15, -0.1) is 0 Å². The fourth-order valence-corrected chi connectivity index (χ4v) is 1.15. The van der Waals surface area contributed by atoms with Gasteiger partial charge in [0.15, 0.2) is 0 Å². The van der Waals surface area contributed by atoms with Crippen LogP contribution < -0.4 is 0 Å². The molecule has 0 heterocycles. The van der Waals surface area contributed by atoms with E-state index in [1.165, 1.54) is 6.07 Å². The van der Waals surface area contributed by atoms with Gasteiger partial charge in [-0.05, 0) is 18.6 Å². The molecule has 0 N–H and O–H groups in total. The van der Waals surface area contributed by atoms with Crippen molar-refractivity contribution in [1.29, 1.82) is 0 Å². The van der Waals surface area contributed by atoms with Crippen LogP contribution in [0.5, 0.6) is 0 Å². The summed E-state index contributed by atoms with van der Waals surface area (Å²) in [6.45, 7) is 8.49. The summed E-state index contributed by atoms with van der Waals surface area (Å²) >= 11 is 3.14. The molecule has 0 aliphatic rings. The van der Waals surface area contributed by atoms with Crippen LogP contribution in [0.1, 0.15) is 5.56 Å². The lowest BCUT2D eigenvalue weighted by Gasteiger charge is -1.99. The van der Waals surface area contributed by atoms with E-state index in [2.05, 4.69) is 20.8 Å². The minimum Gasteiger partial charge on any atom is -0.234 e. The van der Waals surface area contributed by atoms with Crippen molar-refractivity contribution in [1.82, 2.24) is 0 Å². The molecule has 0 aliphatic carbocycles. The average Bonchev–Trinajstić information content (AvgIpc) is 1.99. The smallest absolute Gasteiger partial charge is 0.234 e. The Morgan fingerprint density at radius 2 is 2.18 bits per heavy atom. The molecule has 0 spiro atoms. The fourth-order valence-electron chi connectivity index (χ4n) is 0.744. The lowest BCUT2D eigenvalue weighted by molar-refractivity contribution is 0.632. The van der Waals surface area contributed by atoms with Crippen LogP contribution in [0, 0.1) is 19.3 Å². The quantitative estimate of drug-likeness (QED) is 0.582. The van der Waals surface area contributed by atoms with E-state index >= 15 is 0 Å². The molecule has 0 aliphatic heterocycles. The highest BCUT2D eigenvalue weighted by Gasteiger charge is 2.07. The zero-order valence-corrected chi connectivity index (χ0v) is 7.44. The normalized spacial score (nSPS) is 9.27. The molecule has 0 aromatic heterocycles. The molecule has 11 heavy (non-hydrogen) atoms. The molecule has 3 heteroatoms. The number of halogens is 2. The molecule has 0 atom stereocenters. The molecule has 0 fully saturated rings. The van der Waals surface area contributed by atoms with E-state index in [4.69, 9.17) is 6.57 Å². The number of nitrogens with zero attached hydrogens (tertiary/aromatic N) is 1. The monoisotopic (exact) mass is 213 g/mol. The maximum absolute atomic E-state index is 12.8. The third-order valence-electron chi connectivity index (χ3n) is 1.37. The van der Waals surface area contributed by atoms with Crippen molar-refractivity contribution >= 4 is 21.6 Å². The van der Waals surface area contributed by atoms with Crippen LogP contribution in [-0.4, -0.2) is 0 Å². The minimum atomic E-state index is -0.475. The Morgan fingerprint density at radius 1 is 1.55 bits per heavy atom. The Balaban J connectivity index is 3.44. The SMILES string of the molecule is [C-]#[N+]c1c(F)ccc(C)c1Br. The summed E-state index contributed by atoms with van der Waals surface area (Å²) < 4.78 is 13.3. The molecule has 0 bridgehead atoms. The molecule has 1 aromatic carbocycles. The van der Waals surface area contributed by atoms with Gasteiger partial charge >= 0.3 is 0 Å². The van der Waals surface area contributed by atoms with E-state index in [9.17, 15) is 4.39 Å². The average molecular weight is 214 g/mol. The zero-order chi connectivity index (χ0) is 8.43. The molecule has 1 nitrogen and oxygen atoms in total. The largest absolute Gasteiger partial charge is 0.236 e. The summed E-state index contributed by atoms with van der Waals surface area (Å²) in [5.41, 5.74) is 0.933. The lowest BCUT2D eigenvalue weighted by Crippen LogP contribution is -1.79. The van der Waals surface area contributed by atoms with Gasteiger partial charge in [0.1, 0.15) is 5.82 Å². The highest BCUT2D eigenvalue weighted by atomic mass is 79.9. The number of aryl methyl sites for hydroxylation is 1. The number of benzene rings is 1. The Kier molecular flexibility index (Phi) is 2.25. The van der Waals surface area contributed by atoms with Gasteiger partial charge in [-0.25, -0.2) is 9.24 Å². The van der Waals surface area contributed by atoms with Gasteiger partial charge in [-0.3, -0.25) is 0 Å². The Hall–Kier alpha value is -0.880. The van der Waals surface area contributed by atoms with Crippen LogP contribution in [-0.2, 0) is 0 Å². The number of rotatable bonds is 0. The maximum Gasteiger partial charge on any atom is 0.236 e. The highest BCUT2D eigenvalue weighted by molar-refractivity contribution is 9.10. The van der Waals surface area contributed by atoms with Crippen LogP contribution in [0.2, 0.25) is 0 Å². The molecule has 0 amide bonds. The van der Waals surface area contributed by atoms with Gasteiger partial charge in [-0.2, -0.15) is 0 Å². The standard InChI is InChI=1S/C8H5BrFN/c1-5-3-4-6(10)8(11-2)7(5)9/h3-4H,1H3. The van der Waals surface area contributed by atoms with Gasteiger partial charge < -0.3 is 0 Å². The second-order valence-corrected chi connectivity index (χ2v) is 2.93. The van der Waals surface area contributed by atoms with Crippen molar-refractivity contribution in [3.63, 3.8) is 0 Å². The van der Waals surface area contributed by atoms with Crippen molar-refractivity contribution in [2.45, 2.75) is 6.92 Å². The van der Waals surface area contributed by atoms with Crippen molar-refractivity contribution in [3.8, 4) is 0 Å². The third-order valence-corrected chi connectivity index (χ3v) is 2.37. The van der Waals surface area contributed by atoms with Gasteiger partial charge in [0.25, 0.3) is 0 Å². The van der Waals surface area contributed by atoms with Crippen molar-refractivity contribution in [2.75, 3.05) is 0 Å². The minimum absolute atomic E-state index is 0.0602. The van der Waals surface area contributed by atoms with Crippen LogP contribution in [0.25, 0.3) is 4.85 Å². The second-order valence-electron chi connectivity index (χ2n) is 2.14. The highest BCUT2D eigenvalue weighted by Crippen LogP contribution is 2.31. The first-order valence-corrected chi connectivity index (χ1v) is 3.78. The predicted molar refractivity (Wildman–Crippen MR) is 45.1 cm³/mol. The third kappa shape index (κ3) is 1.41. The van der Waals surface area contributed by atoms with Gasteiger partial charge in [0, 0.05) is 4.47 Å². The Bertz CT molecular complexity index is 328. The Morgan fingerprint density at radius 3 is 2.64 bits per heavy atom. The van der Waals surface area contributed by atoms with Crippen LogP contribution >= 0.6 is 15.9 Å². The number of hydrogen-bond donors (Lipinski definition) is 0. The summed E-state index contributed by atoms with van der Waals surface area (Å²) in [6.07, 6.45) is 0. The van der Waals surface area contributed by atoms with E-state index in [-0.39, 0.29) is 5.69 Å². The summed E-state index contributed by atoms with van der Waals surface area (Å²) in [4.78, 5) is 3.06. The lowest BCUT2D eigenvalue weighted by atomic mass is 10.2. The summed E-state index contributed by atoms with van der Waals surface area (Å²) in [7, 11) is 0. The van der Waals surface area contributed by atoms with E-state index < -0.39 is 5.82 Å². The number of hydrogen-bond acceptors (Lipinski definition) is 0. The van der Waals surface area contributed by atoms with Crippen LogP contribution in [0.3, 0.4) is 0 Å². The van der Waals surface area contributed by atoms with Gasteiger partial charge in [0.05, 0.1) is 6.57 Å². The molecule has 0 saturated carbocycles. The van der Waals surface area contributed by atoms with Crippen molar-refractivity contribution in [2.24, 2.45) is 0 Å². The molecular weight excluding hydrogens is 209 g/mol. The zero-order valence-electron chi connectivity index (χ0n) is 5.86. The maximum atomic E-state index is 12.8. The van der Waals surface area contributed by atoms with E-state index in [0.717, 1.165) is 5.56 Å². The summed E-state index contributed by atoms with van der Waals surface area (Å²) in [5.74, 6) is -0.475. The molecule has 0 saturated heterocycles. The topological polar surface area (TPSA) is 4.36 Å². The van der Waals surface area contributed by atoms with Crippen LogP contribution in [0.15, 0.2) is 16.6 Å². The summed E-state index contributed by atoms with van der Waals surface area (Å²) in [5, 5.41) is 0. The molecule has 56 valence electrons. The van der Waals surface area contributed by atoms with Gasteiger partial charge in [-0.1, -0.05) is 22.0 Å². The second kappa shape index (κ2) is 3.02. The first-order chi connectivity index (χ1) is 5.16. The molecule has 0 radical (unpaired) electrons. The summed E-state index contributed by atoms with van der Waals surface area (Å²) in [6, 6.07) is 2.93. The van der Waals surface area contributed by atoms with Crippen molar-refractivity contribution < 1.29 is 4.39 Å². The predicted octanol–water partition coefficient (Wildman–Crippen LogP) is 3.45. The first kappa shape index (κ1) is 8.22. The van der Waals surface area contributed by atoms with Gasteiger partial charge in [0.2, 0.25) is 5.69 Å². The van der Waals surface area contributed by atoms with E-state index in [0.29, 0.717) is 4.47 Å². The van der Waals surface area contributed by atoms with Crippen LogP contribution in [0.4, 0.5) is 10.1 Å². The molecule has 0 unspecified atom stereocenters. The molecular formula is C8H5BrFN. The fraction of sp³-hybridized carbons (Fsp3) is 0.125. The van der Waals surface area contributed by atoms with E-state index in [1.807, 2.05) is 6.92 Å². The first-order valence-electron chi connectivity index (χ1n) is 2.99. The molecule has 1 aromatic rings. The molecule has 1 rings (SSSR count).